The molecule has 3 heteroatoms. The Bertz CT molecular complexity index is 353. The first-order valence-electron chi connectivity index (χ1n) is 5.12. The van der Waals surface area contributed by atoms with E-state index in [1.165, 1.54) is 12.1 Å². The number of hydrogen-bond acceptors (Lipinski definition) is 2. The van der Waals surface area contributed by atoms with Crippen molar-refractivity contribution in [3.63, 3.8) is 0 Å². The highest BCUT2D eigenvalue weighted by molar-refractivity contribution is 5.24. The Hall–Kier alpha value is -1.40. The van der Waals surface area contributed by atoms with Gasteiger partial charge in [-0.2, -0.15) is 5.26 Å². The molecule has 0 aliphatic heterocycles. The van der Waals surface area contributed by atoms with Gasteiger partial charge in [-0.25, -0.2) is 4.39 Å². The van der Waals surface area contributed by atoms with Crippen LogP contribution in [0, 0.1) is 17.1 Å². The van der Waals surface area contributed by atoms with E-state index in [1.54, 1.807) is 12.1 Å². The van der Waals surface area contributed by atoms with E-state index in [0.717, 1.165) is 18.7 Å². The van der Waals surface area contributed by atoms with E-state index in [2.05, 4.69) is 6.07 Å². The van der Waals surface area contributed by atoms with Crippen LogP contribution in [0.4, 0.5) is 4.39 Å². The number of nitriles is 1. The van der Waals surface area contributed by atoms with Crippen molar-refractivity contribution in [3.05, 3.63) is 35.6 Å². The molecule has 0 spiro atoms. The molecule has 0 fully saturated rings. The van der Waals surface area contributed by atoms with Gasteiger partial charge in [0.15, 0.2) is 0 Å². The van der Waals surface area contributed by atoms with Crippen molar-refractivity contribution in [2.24, 2.45) is 0 Å². The summed E-state index contributed by atoms with van der Waals surface area (Å²) in [5.74, 6) is -0.292. The standard InChI is InChI=1S/C12H15FN2/c1-3-15(4-2)12(9-14)10-6-5-7-11(13)8-10/h5-8,12H,3-4H2,1-2H3. The van der Waals surface area contributed by atoms with Gasteiger partial charge in [-0.3, -0.25) is 4.90 Å². The monoisotopic (exact) mass is 206 g/mol. The third-order valence-electron chi connectivity index (χ3n) is 2.46. The van der Waals surface area contributed by atoms with Crippen LogP contribution in [0.15, 0.2) is 24.3 Å². The van der Waals surface area contributed by atoms with Gasteiger partial charge < -0.3 is 0 Å². The van der Waals surface area contributed by atoms with Crippen molar-refractivity contribution >= 4 is 0 Å². The van der Waals surface area contributed by atoms with Crippen molar-refractivity contribution in [2.45, 2.75) is 19.9 Å². The first kappa shape index (κ1) is 11.7. The lowest BCUT2D eigenvalue weighted by molar-refractivity contribution is 0.262. The molecule has 1 aromatic rings. The second kappa shape index (κ2) is 5.47. The Balaban J connectivity index is 2.97. The topological polar surface area (TPSA) is 27.0 Å². The predicted molar refractivity (Wildman–Crippen MR) is 57.7 cm³/mol. The molecule has 0 aliphatic rings. The van der Waals surface area contributed by atoms with Crippen LogP contribution in [-0.2, 0) is 0 Å². The highest BCUT2D eigenvalue weighted by Crippen LogP contribution is 2.19. The molecular weight excluding hydrogens is 191 g/mol. The maximum Gasteiger partial charge on any atom is 0.123 e. The highest BCUT2D eigenvalue weighted by Gasteiger charge is 2.17. The van der Waals surface area contributed by atoms with Crippen molar-refractivity contribution in [1.82, 2.24) is 4.90 Å². The van der Waals surface area contributed by atoms with E-state index in [-0.39, 0.29) is 11.9 Å². The van der Waals surface area contributed by atoms with E-state index in [0.29, 0.717) is 0 Å². The smallest absolute Gasteiger partial charge is 0.123 e. The van der Waals surface area contributed by atoms with E-state index in [9.17, 15) is 4.39 Å². The molecule has 0 bridgehead atoms. The molecule has 1 unspecified atom stereocenters. The third kappa shape index (κ3) is 2.77. The molecule has 1 rings (SSSR count). The van der Waals surface area contributed by atoms with Crippen LogP contribution in [-0.4, -0.2) is 18.0 Å². The molecule has 0 saturated carbocycles. The number of rotatable bonds is 4. The molecule has 0 aromatic heterocycles. The number of halogens is 1. The third-order valence-corrected chi connectivity index (χ3v) is 2.46. The second-order valence-electron chi connectivity index (χ2n) is 3.31. The fourth-order valence-corrected chi connectivity index (χ4v) is 1.63. The summed E-state index contributed by atoms with van der Waals surface area (Å²) in [7, 11) is 0. The summed E-state index contributed by atoms with van der Waals surface area (Å²) in [6.45, 7) is 5.55. The lowest BCUT2D eigenvalue weighted by Crippen LogP contribution is -2.27. The van der Waals surface area contributed by atoms with Gasteiger partial charge in [0.25, 0.3) is 0 Å². The molecular formula is C12H15FN2. The zero-order valence-electron chi connectivity index (χ0n) is 9.07. The summed E-state index contributed by atoms with van der Waals surface area (Å²) in [4.78, 5) is 1.99. The van der Waals surface area contributed by atoms with Crippen LogP contribution in [0.25, 0.3) is 0 Å². The summed E-state index contributed by atoms with van der Waals surface area (Å²) in [6, 6.07) is 8.09. The van der Waals surface area contributed by atoms with Gasteiger partial charge in [0, 0.05) is 0 Å². The Morgan fingerprint density at radius 3 is 2.53 bits per heavy atom. The molecule has 0 amide bonds. The first-order valence-corrected chi connectivity index (χ1v) is 5.12. The number of benzene rings is 1. The van der Waals surface area contributed by atoms with Crippen LogP contribution >= 0.6 is 0 Å². The zero-order valence-corrected chi connectivity index (χ0v) is 9.07. The van der Waals surface area contributed by atoms with Gasteiger partial charge >= 0.3 is 0 Å². The van der Waals surface area contributed by atoms with E-state index < -0.39 is 0 Å². The molecule has 0 radical (unpaired) electrons. The van der Waals surface area contributed by atoms with Gasteiger partial charge in [0.2, 0.25) is 0 Å². The van der Waals surface area contributed by atoms with Gasteiger partial charge in [-0.05, 0) is 30.8 Å². The van der Waals surface area contributed by atoms with Crippen molar-refractivity contribution in [1.29, 1.82) is 5.26 Å². The second-order valence-corrected chi connectivity index (χ2v) is 3.31. The number of hydrogen-bond donors (Lipinski definition) is 0. The van der Waals surface area contributed by atoms with E-state index in [1.807, 2.05) is 18.7 Å². The fourth-order valence-electron chi connectivity index (χ4n) is 1.63. The molecule has 0 saturated heterocycles. The van der Waals surface area contributed by atoms with Crippen LogP contribution in [0.1, 0.15) is 25.5 Å². The molecule has 0 heterocycles. The molecule has 80 valence electrons. The minimum Gasteiger partial charge on any atom is -0.285 e. The normalized spacial score (nSPS) is 12.5. The lowest BCUT2D eigenvalue weighted by Gasteiger charge is -2.24. The van der Waals surface area contributed by atoms with Gasteiger partial charge in [0.05, 0.1) is 6.07 Å². The Labute approximate surface area is 89.9 Å². The fraction of sp³-hybridized carbons (Fsp3) is 0.417. The van der Waals surface area contributed by atoms with Crippen LogP contribution in [0.2, 0.25) is 0 Å². The SMILES string of the molecule is CCN(CC)C(C#N)c1cccc(F)c1. The van der Waals surface area contributed by atoms with Crippen molar-refractivity contribution < 1.29 is 4.39 Å². The Morgan fingerprint density at radius 2 is 2.07 bits per heavy atom. The molecule has 15 heavy (non-hydrogen) atoms. The highest BCUT2D eigenvalue weighted by atomic mass is 19.1. The summed E-state index contributed by atoms with van der Waals surface area (Å²) < 4.78 is 13.0. The Morgan fingerprint density at radius 1 is 1.40 bits per heavy atom. The Kier molecular flexibility index (Phi) is 4.26. The van der Waals surface area contributed by atoms with Crippen LogP contribution in [0.3, 0.4) is 0 Å². The quantitative estimate of drug-likeness (QED) is 0.757. The first-order chi connectivity index (χ1) is 7.22. The van der Waals surface area contributed by atoms with E-state index >= 15 is 0 Å². The molecule has 0 aliphatic carbocycles. The van der Waals surface area contributed by atoms with Crippen LogP contribution < -0.4 is 0 Å². The zero-order chi connectivity index (χ0) is 11.3. The van der Waals surface area contributed by atoms with Gasteiger partial charge in [-0.1, -0.05) is 26.0 Å². The molecule has 0 N–H and O–H groups in total. The minimum absolute atomic E-state index is 0.292. The summed E-state index contributed by atoms with van der Waals surface area (Å²) in [6.07, 6.45) is 0. The summed E-state index contributed by atoms with van der Waals surface area (Å²) in [5, 5.41) is 9.09. The number of nitrogens with zero attached hydrogens (tertiary/aromatic N) is 2. The molecule has 1 aromatic carbocycles. The minimum atomic E-state index is -0.351. The van der Waals surface area contributed by atoms with Gasteiger partial charge in [0.1, 0.15) is 11.9 Å². The van der Waals surface area contributed by atoms with E-state index in [4.69, 9.17) is 5.26 Å². The van der Waals surface area contributed by atoms with Crippen LogP contribution in [0.5, 0.6) is 0 Å². The lowest BCUT2D eigenvalue weighted by atomic mass is 10.1. The van der Waals surface area contributed by atoms with Crippen molar-refractivity contribution in [2.75, 3.05) is 13.1 Å². The van der Waals surface area contributed by atoms with Crippen molar-refractivity contribution in [3.8, 4) is 6.07 Å². The average Bonchev–Trinajstić information content (AvgIpc) is 2.25. The summed E-state index contributed by atoms with van der Waals surface area (Å²) in [5.41, 5.74) is 0.723. The molecule has 1 atom stereocenters. The average molecular weight is 206 g/mol. The maximum absolute atomic E-state index is 13.0. The largest absolute Gasteiger partial charge is 0.285 e. The predicted octanol–water partition coefficient (Wildman–Crippen LogP) is 2.73. The maximum atomic E-state index is 13.0. The summed E-state index contributed by atoms with van der Waals surface area (Å²) >= 11 is 0. The molecule has 2 nitrogen and oxygen atoms in total. The van der Waals surface area contributed by atoms with Gasteiger partial charge in [-0.15, -0.1) is 0 Å².